The second kappa shape index (κ2) is 7.85. The topological polar surface area (TPSA) is 52.7 Å². The molecule has 1 aromatic rings. The number of hydrogen-bond donors (Lipinski definition) is 1. The first-order valence-corrected chi connectivity index (χ1v) is 9.21. The third kappa shape index (κ3) is 4.11. The Bertz CT molecular complexity index is 644. The van der Waals surface area contributed by atoms with Crippen LogP contribution in [0.25, 0.3) is 0 Å². The lowest BCUT2D eigenvalue weighted by Gasteiger charge is -2.33. The first kappa shape index (κ1) is 17.7. The molecule has 2 saturated heterocycles. The largest absolute Gasteiger partial charge is 0.369 e. The predicted molar refractivity (Wildman–Crippen MR) is 95.2 cm³/mol. The first-order valence-electron chi connectivity index (χ1n) is 9.21. The lowest BCUT2D eigenvalue weighted by molar-refractivity contribution is -0.121. The number of carbonyl (C=O) groups excluding carboxylic acids is 2. The van der Waals surface area contributed by atoms with E-state index in [2.05, 4.69) is 5.32 Å². The maximum Gasteiger partial charge on any atom is 0.254 e. The van der Waals surface area contributed by atoms with Gasteiger partial charge in [-0.05, 0) is 43.9 Å². The summed E-state index contributed by atoms with van der Waals surface area (Å²) in [5.74, 6) is -0.497. The molecule has 2 aliphatic rings. The van der Waals surface area contributed by atoms with Crippen LogP contribution in [0.3, 0.4) is 0 Å². The molecule has 2 aliphatic heterocycles. The molecule has 0 aliphatic carbocycles. The van der Waals surface area contributed by atoms with Crippen LogP contribution in [-0.2, 0) is 4.79 Å². The second-order valence-electron chi connectivity index (χ2n) is 6.87. The van der Waals surface area contributed by atoms with E-state index in [1.165, 1.54) is 6.07 Å². The molecule has 0 aromatic heterocycles. The summed E-state index contributed by atoms with van der Waals surface area (Å²) in [5.41, 5.74) is 0.962. The molecule has 2 heterocycles. The number of rotatable bonds is 4. The van der Waals surface area contributed by atoms with Crippen molar-refractivity contribution in [1.82, 2.24) is 10.2 Å². The van der Waals surface area contributed by atoms with Crippen molar-refractivity contribution in [3.63, 3.8) is 0 Å². The molecule has 1 aromatic carbocycles. The molecule has 0 unspecified atom stereocenters. The van der Waals surface area contributed by atoms with E-state index in [0.29, 0.717) is 30.8 Å². The van der Waals surface area contributed by atoms with E-state index in [-0.39, 0.29) is 23.7 Å². The van der Waals surface area contributed by atoms with Crippen molar-refractivity contribution in [1.29, 1.82) is 0 Å². The number of carbonyl (C=O) groups is 2. The van der Waals surface area contributed by atoms with Crippen molar-refractivity contribution in [2.45, 2.75) is 45.1 Å². The van der Waals surface area contributed by atoms with Crippen LogP contribution in [0.15, 0.2) is 18.2 Å². The van der Waals surface area contributed by atoms with Gasteiger partial charge in [-0.2, -0.15) is 0 Å². The molecule has 5 nitrogen and oxygen atoms in total. The minimum Gasteiger partial charge on any atom is -0.369 e. The van der Waals surface area contributed by atoms with Crippen LogP contribution in [0.4, 0.5) is 10.1 Å². The zero-order valence-corrected chi connectivity index (χ0v) is 14.8. The number of likely N-dealkylation sites (tertiary alicyclic amines) is 1. The molecule has 3 rings (SSSR count). The summed E-state index contributed by atoms with van der Waals surface area (Å²) < 4.78 is 14.5. The average molecular weight is 347 g/mol. The molecule has 0 bridgehead atoms. The van der Waals surface area contributed by atoms with Crippen LogP contribution >= 0.6 is 0 Å². The highest BCUT2D eigenvalue weighted by Crippen LogP contribution is 2.25. The lowest BCUT2D eigenvalue weighted by atomic mass is 10.0. The van der Waals surface area contributed by atoms with Crippen molar-refractivity contribution in [3.8, 4) is 0 Å². The van der Waals surface area contributed by atoms with Gasteiger partial charge >= 0.3 is 0 Å². The number of anilines is 1. The van der Waals surface area contributed by atoms with Gasteiger partial charge in [-0.1, -0.05) is 6.92 Å². The van der Waals surface area contributed by atoms with Crippen molar-refractivity contribution >= 4 is 17.5 Å². The van der Waals surface area contributed by atoms with Crippen LogP contribution in [0.1, 0.15) is 49.4 Å². The van der Waals surface area contributed by atoms with Crippen molar-refractivity contribution in [2.24, 2.45) is 0 Å². The number of nitrogens with zero attached hydrogens (tertiary/aromatic N) is 2. The Morgan fingerprint density at radius 2 is 1.96 bits per heavy atom. The Labute approximate surface area is 148 Å². The molecule has 1 N–H and O–H groups in total. The fourth-order valence-electron chi connectivity index (χ4n) is 3.65. The summed E-state index contributed by atoms with van der Waals surface area (Å²) in [6.07, 6.45) is 4.32. The van der Waals surface area contributed by atoms with Gasteiger partial charge in [-0.3, -0.25) is 9.59 Å². The zero-order valence-electron chi connectivity index (χ0n) is 14.8. The van der Waals surface area contributed by atoms with Gasteiger partial charge in [-0.25, -0.2) is 4.39 Å². The maximum atomic E-state index is 14.5. The van der Waals surface area contributed by atoms with Gasteiger partial charge in [0.05, 0.1) is 5.69 Å². The molecular weight excluding hydrogens is 321 g/mol. The predicted octanol–water partition coefficient (Wildman–Crippen LogP) is 2.56. The standard InChI is InChI=1S/C19H26FN3O2/c1-2-18(24)21-15-6-5-11-23(13-15)19(25)14-7-8-17(16(20)12-14)22-9-3-4-10-22/h7-8,12,15H,2-6,9-11,13H2,1H3,(H,21,24)/t15-/m1/s1. The number of piperidine rings is 1. The van der Waals surface area contributed by atoms with Gasteiger partial charge in [0, 0.05) is 44.2 Å². The van der Waals surface area contributed by atoms with E-state index in [4.69, 9.17) is 0 Å². The van der Waals surface area contributed by atoms with Crippen molar-refractivity contribution in [3.05, 3.63) is 29.6 Å². The van der Waals surface area contributed by atoms with Gasteiger partial charge in [0.15, 0.2) is 0 Å². The Kier molecular flexibility index (Phi) is 5.56. The molecule has 2 amide bonds. The Morgan fingerprint density at radius 1 is 1.20 bits per heavy atom. The minimum atomic E-state index is -0.333. The highest BCUT2D eigenvalue weighted by Gasteiger charge is 2.26. The zero-order chi connectivity index (χ0) is 17.8. The molecule has 1 atom stereocenters. The van der Waals surface area contributed by atoms with E-state index >= 15 is 0 Å². The third-order valence-electron chi connectivity index (χ3n) is 5.04. The smallest absolute Gasteiger partial charge is 0.254 e. The van der Waals surface area contributed by atoms with Crippen LogP contribution in [0.5, 0.6) is 0 Å². The van der Waals surface area contributed by atoms with Crippen LogP contribution in [0, 0.1) is 5.82 Å². The number of benzene rings is 1. The molecule has 136 valence electrons. The third-order valence-corrected chi connectivity index (χ3v) is 5.04. The highest BCUT2D eigenvalue weighted by atomic mass is 19.1. The normalized spacial score (nSPS) is 20.6. The van der Waals surface area contributed by atoms with E-state index in [0.717, 1.165) is 38.8 Å². The molecule has 0 saturated carbocycles. The first-order chi connectivity index (χ1) is 12.1. The quantitative estimate of drug-likeness (QED) is 0.911. The summed E-state index contributed by atoms with van der Waals surface area (Å²) in [7, 11) is 0. The molecular formula is C19H26FN3O2. The molecule has 0 spiro atoms. The average Bonchev–Trinajstić information content (AvgIpc) is 3.15. The Hall–Kier alpha value is -2.11. The number of hydrogen-bond acceptors (Lipinski definition) is 3. The minimum absolute atomic E-state index is 0.000287. The summed E-state index contributed by atoms with van der Waals surface area (Å²) in [6, 6.07) is 4.77. The fourth-order valence-corrected chi connectivity index (χ4v) is 3.65. The van der Waals surface area contributed by atoms with Gasteiger partial charge in [-0.15, -0.1) is 0 Å². The van der Waals surface area contributed by atoms with E-state index in [1.54, 1.807) is 17.0 Å². The van der Waals surface area contributed by atoms with E-state index in [1.807, 2.05) is 11.8 Å². The molecule has 2 fully saturated rings. The van der Waals surface area contributed by atoms with Gasteiger partial charge in [0.25, 0.3) is 5.91 Å². The van der Waals surface area contributed by atoms with Gasteiger partial charge < -0.3 is 15.1 Å². The summed E-state index contributed by atoms with van der Waals surface area (Å²) in [4.78, 5) is 28.0. The van der Waals surface area contributed by atoms with E-state index in [9.17, 15) is 14.0 Å². The number of halogens is 1. The monoisotopic (exact) mass is 347 g/mol. The molecule has 0 radical (unpaired) electrons. The summed E-state index contributed by atoms with van der Waals surface area (Å²) >= 11 is 0. The SMILES string of the molecule is CCC(=O)N[C@@H]1CCCN(C(=O)c2ccc(N3CCCC3)c(F)c2)C1. The second-order valence-corrected chi connectivity index (χ2v) is 6.87. The van der Waals surface area contributed by atoms with Gasteiger partial charge in [0.1, 0.15) is 5.82 Å². The Morgan fingerprint density at radius 3 is 2.64 bits per heavy atom. The lowest BCUT2D eigenvalue weighted by Crippen LogP contribution is -2.49. The number of amides is 2. The van der Waals surface area contributed by atoms with Crippen LogP contribution in [-0.4, -0.2) is 48.9 Å². The highest BCUT2D eigenvalue weighted by molar-refractivity contribution is 5.94. The van der Waals surface area contributed by atoms with Crippen molar-refractivity contribution in [2.75, 3.05) is 31.1 Å². The molecule has 6 heteroatoms. The van der Waals surface area contributed by atoms with Crippen LogP contribution < -0.4 is 10.2 Å². The van der Waals surface area contributed by atoms with Gasteiger partial charge in [0.2, 0.25) is 5.91 Å². The van der Waals surface area contributed by atoms with Crippen LogP contribution in [0.2, 0.25) is 0 Å². The maximum absolute atomic E-state index is 14.5. The summed E-state index contributed by atoms with van der Waals surface area (Å²) in [5, 5.41) is 2.95. The van der Waals surface area contributed by atoms with E-state index < -0.39 is 0 Å². The summed E-state index contributed by atoms with van der Waals surface area (Å²) in [6.45, 7) is 4.68. The fraction of sp³-hybridized carbons (Fsp3) is 0.579. The van der Waals surface area contributed by atoms with Crippen molar-refractivity contribution < 1.29 is 14.0 Å². The molecule has 25 heavy (non-hydrogen) atoms. The number of nitrogens with one attached hydrogen (secondary N) is 1. The Balaban J connectivity index is 1.67.